The molecule has 0 radical (unpaired) electrons. The van der Waals surface area contributed by atoms with Gasteiger partial charge < -0.3 is 10.6 Å². The molecule has 0 saturated heterocycles. The lowest BCUT2D eigenvalue weighted by molar-refractivity contribution is 0.102. The number of rotatable bonds is 4. The molecule has 0 aliphatic carbocycles. The van der Waals surface area contributed by atoms with Crippen LogP contribution in [0.25, 0.3) is 0 Å². The van der Waals surface area contributed by atoms with Gasteiger partial charge in [-0.25, -0.2) is 22.5 Å². The lowest BCUT2D eigenvalue weighted by atomic mass is 10.2. The Hall–Kier alpha value is -3.42. The monoisotopic (exact) mass is 361 g/mol. The Bertz CT molecular complexity index is 961. The fraction of sp³-hybridized carbons (Fsp3) is 0. The second kappa shape index (κ2) is 7.22. The molecule has 1 aromatic heterocycles. The number of aromatic nitrogens is 1. The number of halogens is 4. The third-order valence-electron chi connectivity index (χ3n) is 3.45. The van der Waals surface area contributed by atoms with Gasteiger partial charge in [0.2, 0.25) is 0 Å². The Labute approximate surface area is 145 Å². The first-order valence-electron chi connectivity index (χ1n) is 7.38. The van der Waals surface area contributed by atoms with E-state index in [0.717, 1.165) is 6.07 Å². The minimum Gasteiger partial charge on any atom is -0.338 e. The van der Waals surface area contributed by atoms with Gasteiger partial charge in [-0.3, -0.25) is 4.79 Å². The van der Waals surface area contributed by atoms with Crippen molar-refractivity contribution in [2.45, 2.75) is 0 Å². The number of benzene rings is 2. The molecule has 0 unspecified atom stereocenters. The van der Waals surface area contributed by atoms with Crippen molar-refractivity contribution < 1.29 is 22.4 Å². The fourth-order valence-electron chi connectivity index (χ4n) is 2.12. The van der Waals surface area contributed by atoms with E-state index in [2.05, 4.69) is 15.6 Å². The summed E-state index contributed by atoms with van der Waals surface area (Å²) < 4.78 is 53.3. The van der Waals surface area contributed by atoms with Crippen LogP contribution in [0, 0.1) is 23.3 Å². The molecule has 132 valence electrons. The average molecular weight is 361 g/mol. The molecule has 8 heteroatoms. The molecule has 3 aromatic rings. The molecule has 1 amide bonds. The molecule has 4 nitrogen and oxygen atoms in total. The summed E-state index contributed by atoms with van der Waals surface area (Å²) in [4.78, 5) is 16.0. The number of pyridine rings is 1. The van der Waals surface area contributed by atoms with Crippen LogP contribution in [0.5, 0.6) is 0 Å². The molecule has 2 N–H and O–H groups in total. The van der Waals surface area contributed by atoms with Crippen LogP contribution >= 0.6 is 0 Å². The van der Waals surface area contributed by atoms with Gasteiger partial charge in [-0.05, 0) is 36.4 Å². The van der Waals surface area contributed by atoms with Crippen LogP contribution in [-0.2, 0) is 0 Å². The largest absolute Gasteiger partial charge is 0.338 e. The van der Waals surface area contributed by atoms with E-state index < -0.39 is 34.9 Å². The molecule has 2 aromatic carbocycles. The maximum absolute atomic E-state index is 13.6. The van der Waals surface area contributed by atoms with Gasteiger partial charge in [-0.15, -0.1) is 0 Å². The van der Waals surface area contributed by atoms with Crippen LogP contribution in [0.4, 0.5) is 34.8 Å². The van der Waals surface area contributed by atoms with E-state index in [1.165, 1.54) is 30.5 Å². The van der Waals surface area contributed by atoms with E-state index in [1.807, 2.05) is 0 Å². The predicted octanol–water partition coefficient (Wildman–Crippen LogP) is 4.63. The molecule has 1 heterocycles. The van der Waals surface area contributed by atoms with Crippen LogP contribution in [-0.4, -0.2) is 10.9 Å². The third-order valence-corrected chi connectivity index (χ3v) is 3.45. The van der Waals surface area contributed by atoms with Crippen LogP contribution in [0.15, 0.2) is 54.7 Å². The van der Waals surface area contributed by atoms with Crippen molar-refractivity contribution in [3.8, 4) is 0 Å². The Morgan fingerprint density at radius 1 is 0.808 bits per heavy atom. The van der Waals surface area contributed by atoms with Gasteiger partial charge in [0.25, 0.3) is 5.91 Å². The lowest BCUT2D eigenvalue weighted by Crippen LogP contribution is -2.14. The molecular formula is C18H11F4N3O. The second-order valence-corrected chi connectivity index (χ2v) is 5.21. The van der Waals surface area contributed by atoms with E-state index in [9.17, 15) is 22.4 Å². The summed E-state index contributed by atoms with van der Waals surface area (Å²) in [5.74, 6) is -5.48. The molecule has 26 heavy (non-hydrogen) atoms. The van der Waals surface area contributed by atoms with Crippen molar-refractivity contribution in [3.63, 3.8) is 0 Å². The molecule has 0 saturated carbocycles. The Balaban J connectivity index is 1.73. The number of amides is 1. The first kappa shape index (κ1) is 17.4. The maximum Gasteiger partial charge on any atom is 0.257 e. The Morgan fingerprint density at radius 3 is 2.27 bits per heavy atom. The van der Waals surface area contributed by atoms with Crippen molar-refractivity contribution >= 4 is 23.1 Å². The summed E-state index contributed by atoms with van der Waals surface area (Å²) in [6.45, 7) is 0. The van der Waals surface area contributed by atoms with Gasteiger partial charge in [0, 0.05) is 6.20 Å². The molecule has 3 rings (SSSR count). The Kier molecular flexibility index (Phi) is 4.83. The van der Waals surface area contributed by atoms with E-state index in [0.29, 0.717) is 6.07 Å². The van der Waals surface area contributed by atoms with Gasteiger partial charge in [-0.2, -0.15) is 0 Å². The summed E-state index contributed by atoms with van der Waals surface area (Å²) in [6, 6.07) is 10.4. The standard InChI is InChI=1S/C18H11F4N3O/c19-11-3-1-2-4-13(11)24-15-8-5-10(9-23-15)18(26)25-14-7-6-12(20)16(21)17(14)22/h1-9H,(H,23,24)(H,25,26). The van der Waals surface area contributed by atoms with Crippen LogP contribution in [0.1, 0.15) is 10.4 Å². The number of carbonyl (C=O) groups is 1. The highest BCUT2D eigenvalue weighted by molar-refractivity contribution is 6.04. The van der Waals surface area contributed by atoms with E-state index in [1.54, 1.807) is 12.1 Å². The first-order chi connectivity index (χ1) is 12.5. The van der Waals surface area contributed by atoms with Crippen molar-refractivity contribution in [1.82, 2.24) is 4.98 Å². The highest BCUT2D eigenvalue weighted by Crippen LogP contribution is 2.21. The quantitative estimate of drug-likeness (QED) is 0.526. The highest BCUT2D eigenvalue weighted by Gasteiger charge is 2.16. The molecular weight excluding hydrogens is 350 g/mol. The fourth-order valence-corrected chi connectivity index (χ4v) is 2.12. The van der Waals surface area contributed by atoms with Crippen molar-refractivity contribution in [3.05, 3.63) is 83.6 Å². The van der Waals surface area contributed by atoms with Crippen LogP contribution < -0.4 is 10.6 Å². The SMILES string of the molecule is O=C(Nc1ccc(F)c(F)c1F)c1ccc(Nc2ccccc2F)nc1. The number of para-hydroxylation sites is 1. The molecule has 0 atom stereocenters. The number of nitrogens with zero attached hydrogens (tertiary/aromatic N) is 1. The number of nitrogens with one attached hydrogen (secondary N) is 2. The van der Waals surface area contributed by atoms with Gasteiger partial charge in [0.05, 0.1) is 16.9 Å². The smallest absolute Gasteiger partial charge is 0.257 e. The number of hydrogen-bond acceptors (Lipinski definition) is 3. The number of anilines is 3. The van der Waals surface area contributed by atoms with Crippen molar-refractivity contribution in [1.29, 1.82) is 0 Å². The Morgan fingerprint density at radius 2 is 1.58 bits per heavy atom. The predicted molar refractivity (Wildman–Crippen MR) is 88.2 cm³/mol. The zero-order chi connectivity index (χ0) is 18.7. The molecule has 0 fully saturated rings. The summed E-state index contributed by atoms with van der Waals surface area (Å²) in [5, 5.41) is 4.87. The highest BCUT2D eigenvalue weighted by atomic mass is 19.2. The molecule has 0 spiro atoms. The van der Waals surface area contributed by atoms with Gasteiger partial charge in [-0.1, -0.05) is 12.1 Å². The van der Waals surface area contributed by atoms with Crippen LogP contribution in [0.3, 0.4) is 0 Å². The maximum atomic E-state index is 13.6. The van der Waals surface area contributed by atoms with Crippen LogP contribution in [0.2, 0.25) is 0 Å². The minimum atomic E-state index is -1.68. The minimum absolute atomic E-state index is 0.0493. The zero-order valence-corrected chi connectivity index (χ0v) is 13.1. The van der Waals surface area contributed by atoms with Gasteiger partial charge in [0.15, 0.2) is 17.5 Å². The zero-order valence-electron chi connectivity index (χ0n) is 13.1. The molecule has 0 aliphatic rings. The van der Waals surface area contributed by atoms with Gasteiger partial charge >= 0.3 is 0 Å². The van der Waals surface area contributed by atoms with E-state index >= 15 is 0 Å². The van der Waals surface area contributed by atoms with Crippen molar-refractivity contribution in [2.75, 3.05) is 10.6 Å². The van der Waals surface area contributed by atoms with E-state index in [-0.39, 0.29) is 17.1 Å². The average Bonchev–Trinajstić information content (AvgIpc) is 2.64. The summed E-state index contributed by atoms with van der Waals surface area (Å²) >= 11 is 0. The lowest BCUT2D eigenvalue weighted by Gasteiger charge is -2.09. The van der Waals surface area contributed by atoms with E-state index in [4.69, 9.17) is 0 Å². The third kappa shape index (κ3) is 3.64. The summed E-state index contributed by atoms with van der Waals surface area (Å²) in [5.41, 5.74) is -0.239. The summed E-state index contributed by atoms with van der Waals surface area (Å²) in [6.07, 6.45) is 1.18. The number of hydrogen-bond donors (Lipinski definition) is 2. The molecule has 0 aliphatic heterocycles. The van der Waals surface area contributed by atoms with Gasteiger partial charge in [0.1, 0.15) is 11.6 Å². The summed E-state index contributed by atoms with van der Waals surface area (Å²) in [7, 11) is 0. The second-order valence-electron chi connectivity index (χ2n) is 5.21. The normalized spacial score (nSPS) is 10.5. The first-order valence-corrected chi connectivity index (χ1v) is 7.38. The number of carbonyl (C=O) groups excluding carboxylic acids is 1. The topological polar surface area (TPSA) is 54.0 Å². The molecule has 0 bridgehead atoms. The van der Waals surface area contributed by atoms with Crippen molar-refractivity contribution in [2.24, 2.45) is 0 Å².